The van der Waals surface area contributed by atoms with Gasteiger partial charge in [0.15, 0.2) is 17.4 Å². The Morgan fingerprint density at radius 3 is 2.26 bits per heavy atom. The van der Waals surface area contributed by atoms with E-state index < -0.39 is 11.6 Å². The van der Waals surface area contributed by atoms with Gasteiger partial charge < -0.3 is 0 Å². The van der Waals surface area contributed by atoms with Gasteiger partial charge in [0, 0.05) is 16.5 Å². The largest absolute Gasteiger partial charge is 0.294 e. The molecule has 0 aliphatic carbocycles. The molecule has 2 rings (SSSR count). The Morgan fingerprint density at radius 1 is 1.00 bits per heavy atom. The summed E-state index contributed by atoms with van der Waals surface area (Å²) < 4.78 is 27.1. The van der Waals surface area contributed by atoms with E-state index in [1.165, 1.54) is 6.07 Å². The highest BCUT2D eigenvalue weighted by atomic mass is 79.9. The lowest BCUT2D eigenvalue weighted by Gasteiger charge is -2.06. The molecule has 0 aromatic heterocycles. The fraction of sp³-hybridized carbons (Fsp3) is 0.0714. The van der Waals surface area contributed by atoms with Crippen molar-refractivity contribution in [3.05, 3.63) is 68.1 Å². The van der Waals surface area contributed by atoms with Gasteiger partial charge in [-0.1, -0.05) is 28.1 Å². The Hall–Kier alpha value is -1.07. The summed E-state index contributed by atoms with van der Waals surface area (Å²) in [5.41, 5.74) is 0.951. The van der Waals surface area contributed by atoms with Crippen LogP contribution in [-0.2, 0) is 6.42 Å². The van der Waals surface area contributed by atoms with E-state index in [1.807, 2.05) is 12.1 Å². The van der Waals surface area contributed by atoms with Crippen LogP contribution < -0.4 is 0 Å². The summed E-state index contributed by atoms with van der Waals surface area (Å²) >= 11 is 6.22. The molecule has 0 saturated carbocycles. The number of carbonyl (C=O) groups is 1. The van der Waals surface area contributed by atoms with E-state index in [0.29, 0.717) is 0 Å². The maximum absolute atomic E-state index is 13.4. The molecule has 0 atom stereocenters. The number of ketones is 1. The molecule has 19 heavy (non-hydrogen) atoms. The van der Waals surface area contributed by atoms with Gasteiger partial charge in [0.2, 0.25) is 0 Å². The van der Waals surface area contributed by atoms with Gasteiger partial charge in [-0.2, -0.15) is 0 Å². The fourth-order valence-electron chi connectivity index (χ4n) is 1.62. The first-order valence-corrected chi connectivity index (χ1v) is 6.99. The lowest BCUT2D eigenvalue weighted by molar-refractivity contribution is 0.0991. The minimum absolute atomic E-state index is 0.130. The molecule has 0 saturated heterocycles. The van der Waals surface area contributed by atoms with Gasteiger partial charge in [0.1, 0.15) is 0 Å². The van der Waals surface area contributed by atoms with E-state index >= 15 is 0 Å². The van der Waals surface area contributed by atoms with Gasteiger partial charge in [-0.15, -0.1) is 0 Å². The van der Waals surface area contributed by atoms with Gasteiger partial charge in [0.25, 0.3) is 0 Å². The molecular formula is C14H8Br2F2O. The lowest BCUT2D eigenvalue weighted by Crippen LogP contribution is -2.06. The highest BCUT2D eigenvalue weighted by Crippen LogP contribution is 2.24. The van der Waals surface area contributed by atoms with Crippen molar-refractivity contribution in [2.75, 3.05) is 0 Å². The van der Waals surface area contributed by atoms with Gasteiger partial charge in [-0.25, -0.2) is 8.78 Å². The molecule has 0 aliphatic heterocycles. The van der Waals surface area contributed by atoms with Crippen LogP contribution in [0.1, 0.15) is 15.9 Å². The van der Waals surface area contributed by atoms with Gasteiger partial charge in [-0.05, 0) is 45.8 Å². The third-order valence-corrected chi connectivity index (χ3v) is 3.92. The fourth-order valence-corrected chi connectivity index (χ4v) is 2.43. The molecule has 0 heterocycles. The topological polar surface area (TPSA) is 17.1 Å². The molecule has 0 N–H and O–H groups in total. The summed E-state index contributed by atoms with van der Waals surface area (Å²) in [4.78, 5) is 12.1. The van der Waals surface area contributed by atoms with E-state index in [1.54, 1.807) is 12.1 Å². The quantitative estimate of drug-likeness (QED) is 0.538. The summed E-state index contributed by atoms with van der Waals surface area (Å²) in [7, 11) is 0. The molecule has 0 radical (unpaired) electrons. The molecule has 1 nitrogen and oxygen atoms in total. The second-order valence-corrected chi connectivity index (χ2v) is 5.66. The van der Waals surface area contributed by atoms with E-state index in [9.17, 15) is 13.6 Å². The summed E-state index contributed by atoms with van der Waals surface area (Å²) in [6.45, 7) is 0. The van der Waals surface area contributed by atoms with E-state index in [2.05, 4.69) is 31.9 Å². The predicted molar refractivity (Wildman–Crippen MR) is 76.2 cm³/mol. The predicted octanol–water partition coefficient (Wildman–Crippen LogP) is 4.92. The summed E-state index contributed by atoms with van der Waals surface area (Å²) in [6, 6.07) is 9.48. The van der Waals surface area contributed by atoms with Gasteiger partial charge in [-0.3, -0.25) is 4.79 Å². The monoisotopic (exact) mass is 388 g/mol. The van der Waals surface area contributed by atoms with Crippen molar-refractivity contribution in [1.29, 1.82) is 0 Å². The molecule has 0 unspecified atom stereocenters. The Morgan fingerprint density at radius 2 is 1.63 bits per heavy atom. The minimum Gasteiger partial charge on any atom is -0.294 e. The van der Waals surface area contributed by atoms with Crippen LogP contribution in [-0.4, -0.2) is 5.78 Å². The first kappa shape index (κ1) is 14.3. The number of benzene rings is 2. The van der Waals surface area contributed by atoms with Crippen molar-refractivity contribution in [1.82, 2.24) is 0 Å². The number of carbonyl (C=O) groups excluding carboxylic acids is 1. The highest BCUT2D eigenvalue weighted by Gasteiger charge is 2.16. The van der Waals surface area contributed by atoms with Crippen molar-refractivity contribution in [2.24, 2.45) is 0 Å². The summed E-state index contributed by atoms with van der Waals surface area (Å²) in [5, 5.41) is 0. The SMILES string of the molecule is O=C(Cc1ccc(Br)cc1)c1ccc(F)c(F)c1Br. The zero-order valence-electron chi connectivity index (χ0n) is 9.59. The first-order valence-electron chi connectivity index (χ1n) is 5.40. The van der Waals surface area contributed by atoms with Gasteiger partial charge >= 0.3 is 0 Å². The van der Waals surface area contributed by atoms with Crippen LogP contribution in [0, 0.1) is 11.6 Å². The van der Waals surface area contributed by atoms with Crippen molar-refractivity contribution in [3.8, 4) is 0 Å². The number of rotatable bonds is 3. The number of hydrogen-bond acceptors (Lipinski definition) is 1. The van der Waals surface area contributed by atoms with Crippen LogP contribution in [0.25, 0.3) is 0 Å². The van der Waals surface area contributed by atoms with Crippen LogP contribution in [0.3, 0.4) is 0 Å². The molecular weight excluding hydrogens is 382 g/mol. The Balaban J connectivity index is 2.25. The second-order valence-electron chi connectivity index (χ2n) is 3.95. The zero-order chi connectivity index (χ0) is 14.0. The molecule has 2 aromatic rings. The third kappa shape index (κ3) is 3.28. The molecule has 0 amide bonds. The Labute approximate surface area is 125 Å². The number of hydrogen-bond donors (Lipinski definition) is 0. The van der Waals surface area contributed by atoms with Crippen LogP contribution >= 0.6 is 31.9 Å². The smallest absolute Gasteiger partial charge is 0.173 e. The van der Waals surface area contributed by atoms with E-state index in [4.69, 9.17) is 0 Å². The van der Waals surface area contributed by atoms with Crippen molar-refractivity contribution in [3.63, 3.8) is 0 Å². The maximum Gasteiger partial charge on any atom is 0.173 e. The van der Waals surface area contributed by atoms with Gasteiger partial charge in [0.05, 0.1) is 4.47 Å². The first-order chi connectivity index (χ1) is 8.99. The van der Waals surface area contributed by atoms with Crippen LogP contribution in [0.5, 0.6) is 0 Å². The Bertz CT molecular complexity index is 624. The summed E-state index contributed by atoms with van der Waals surface area (Å²) in [5.74, 6) is -2.29. The van der Waals surface area contributed by atoms with Crippen LogP contribution in [0.4, 0.5) is 8.78 Å². The number of halogens is 4. The lowest BCUT2D eigenvalue weighted by atomic mass is 10.0. The molecule has 0 bridgehead atoms. The molecule has 98 valence electrons. The highest BCUT2D eigenvalue weighted by molar-refractivity contribution is 9.10. The zero-order valence-corrected chi connectivity index (χ0v) is 12.8. The average molecular weight is 390 g/mol. The minimum atomic E-state index is -1.04. The number of Topliss-reactive ketones (excluding diaryl/α,β-unsaturated/α-hetero) is 1. The Kier molecular flexibility index (Phi) is 4.47. The second kappa shape index (κ2) is 5.92. The van der Waals surface area contributed by atoms with Crippen LogP contribution in [0.15, 0.2) is 45.3 Å². The molecule has 2 aromatic carbocycles. The van der Waals surface area contributed by atoms with Crippen molar-refractivity contribution >= 4 is 37.6 Å². The average Bonchev–Trinajstić information content (AvgIpc) is 2.39. The van der Waals surface area contributed by atoms with E-state index in [-0.39, 0.29) is 22.2 Å². The summed E-state index contributed by atoms with van der Waals surface area (Å²) in [6.07, 6.45) is 0.136. The molecule has 0 spiro atoms. The third-order valence-electron chi connectivity index (χ3n) is 2.61. The van der Waals surface area contributed by atoms with Crippen molar-refractivity contribution in [2.45, 2.75) is 6.42 Å². The van der Waals surface area contributed by atoms with Crippen molar-refractivity contribution < 1.29 is 13.6 Å². The molecule has 0 aliphatic rings. The normalized spacial score (nSPS) is 10.5. The van der Waals surface area contributed by atoms with E-state index in [0.717, 1.165) is 16.1 Å². The maximum atomic E-state index is 13.4. The molecule has 0 fully saturated rings. The van der Waals surface area contributed by atoms with Crippen LogP contribution in [0.2, 0.25) is 0 Å². The standard InChI is InChI=1S/C14H8Br2F2O/c15-9-3-1-8(2-4-9)7-12(19)10-5-6-11(17)14(18)13(10)16/h1-6H,7H2. The molecule has 5 heteroatoms.